The highest BCUT2D eigenvalue weighted by Gasteiger charge is 2.40. The van der Waals surface area contributed by atoms with Gasteiger partial charge in [0.05, 0.1) is 16.7 Å². The molecule has 0 saturated carbocycles. The fourth-order valence-electron chi connectivity index (χ4n) is 3.20. The van der Waals surface area contributed by atoms with Crippen LogP contribution in [0.5, 0.6) is 5.75 Å². The second kappa shape index (κ2) is 9.11. The van der Waals surface area contributed by atoms with Crippen LogP contribution in [0, 0.1) is 5.92 Å². The first-order valence-electron chi connectivity index (χ1n) is 9.77. The number of nitrogens with one attached hydrogen (secondary N) is 1. The molecule has 0 aliphatic carbocycles. The second-order valence-corrected chi connectivity index (χ2v) is 8.65. The summed E-state index contributed by atoms with van der Waals surface area (Å²) in [6, 6.07) is 12.1. The van der Waals surface area contributed by atoms with Gasteiger partial charge in [0, 0.05) is 22.8 Å². The Morgan fingerprint density at radius 2 is 1.63 bits per heavy atom. The zero-order chi connectivity index (χ0) is 22.0. The fourth-order valence-corrected chi connectivity index (χ4v) is 3.70. The zero-order valence-corrected chi connectivity index (χ0v) is 18.8. The molecule has 0 radical (unpaired) electrons. The van der Waals surface area contributed by atoms with Gasteiger partial charge in [0.25, 0.3) is 11.8 Å². The first-order chi connectivity index (χ1) is 14.2. The van der Waals surface area contributed by atoms with E-state index in [1.807, 2.05) is 39.8 Å². The summed E-state index contributed by atoms with van der Waals surface area (Å²) in [5, 5.41) is 3.88. The Morgan fingerprint density at radius 3 is 2.20 bits per heavy atom. The number of rotatable bonds is 7. The number of carbonyl (C=O) groups is 2. The van der Waals surface area contributed by atoms with Gasteiger partial charge in [-0.25, -0.2) is 0 Å². The molecular weight excluding hydrogens is 423 g/mol. The summed E-state index contributed by atoms with van der Waals surface area (Å²) < 4.78 is 5.66. The number of amides is 2. The van der Waals surface area contributed by atoms with Gasteiger partial charge < -0.3 is 10.1 Å². The van der Waals surface area contributed by atoms with Crippen molar-refractivity contribution in [3.63, 3.8) is 0 Å². The first-order valence-corrected chi connectivity index (χ1v) is 10.5. The monoisotopic (exact) mass is 446 g/mol. The Labute approximate surface area is 186 Å². The average Bonchev–Trinajstić information content (AvgIpc) is 2.87. The van der Waals surface area contributed by atoms with Crippen LogP contribution in [0.25, 0.3) is 5.57 Å². The van der Waals surface area contributed by atoms with Crippen LogP contribution >= 0.6 is 23.2 Å². The molecule has 1 N–H and O–H groups in total. The van der Waals surface area contributed by atoms with Crippen molar-refractivity contribution in [1.82, 2.24) is 4.90 Å². The lowest BCUT2D eigenvalue weighted by Crippen LogP contribution is -2.35. The van der Waals surface area contributed by atoms with Crippen LogP contribution in [0.1, 0.15) is 33.3 Å². The number of hydrogen-bond donors (Lipinski definition) is 1. The third-order valence-corrected chi connectivity index (χ3v) is 4.96. The Balaban J connectivity index is 2.01. The predicted molar refractivity (Wildman–Crippen MR) is 121 cm³/mol. The van der Waals surface area contributed by atoms with Crippen LogP contribution in [-0.2, 0) is 9.59 Å². The van der Waals surface area contributed by atoms with E-state index in [9.17, 15) is 9.59 Å². The Morgan fingerprint density at radius 1 is 0.967 bits per heavy atom. The molecule has 0 aromatic heterocycles. The van der Waals surface area contributed by atoms with E-state index in [1.165, 1.54) is 4.90 Å². The number of hydrogen-bond acceptors (Lipinski definition) is 4. The smallest absolute Gasteiger partial charge is 0.278 e. The van der Waals surface area contributed by atoms with E-state index in [2.05, 4.69) is 5.32 Å². The van der Waals surface area contributed by atoms with E-state index in [1.54, 1.807) is 30.3 Å². The van der Waals surface area contributed by atoms with Gasteiger partial charge in [-0.2, -0.15) is 0 Å². The minimum atomic E-state index is -0.378. The third-order valence-electron chi connectivity index (χ3n) is 4.41. The molecule has 7 heteroatoms. The number of imide groups is 1. The number of anilines is 1. The Hall–Kier alpha value is -2.50. The molecule has 3 rings (SSSR count). The van der Waals surface area contributed by atoms with Crippen molar-refractivity contribution in [2.45, 2.75) is 33.8 Å². The molecule has 0 atom stereocenters. The van der Waals surface area contributed by atoms with Crippen molar-refractivity contribution in [2.75, 3.05) is 11.9 Å². The number of halogens is 2. The summed E-state index contributed by atoms with van der Waals surface area (Å²) in [5.74, 6) is 0.102. The molecule has 2 aromatic carbocycles. The van der Waals surface area contributed by atoms with E-state index in [-0.39, 0.29) is 35.1 Å². The molecule has 1 heterocycles. The van der Waals surface area contributed by atoms with Gasteiger partial charge in [-0.3, -0.25) is 14.5 Å². The molecule has 0 fully saturated rings. The highest BCUT2D eigenvalue weighted by molar-refractivity contribution is 6.41. The van der Waals surface area contributed by atoms with Gasteiger partial charge >= 0.3 is 0 Å². The minimum absolute atomic E-state index is 0.0591. The average molecular weight is 447 g/mol. The Kier molecular flexibility index (Phi) is 6.74. The summed E-state index contributed by atoms with van der Waals surface area (Å²) in [5.41, 5.74) is 1.57. The lowest BCUT2D eigenvalue weighted by Gasteiger charge is -2.17. The van der Waals surface area contributed by atoms with Crippen LogP contribution in [-0.4, -0.2) is 29.4 Å². The minimum Gasteiger partial charge on any atom is -0.491 e. The summed E-state index contributed by atoms with van der Waals surface area (Å²) in [6.45, 7) is 8.12. The normalized spacial score (nSPS) is 14.3. The van der Waals surface area contributed by atoms with Crippen LogP contribution in [0.3, 0.4) is 0 Å². The van der Waals surface area contributed by atoms with Gasteiger partial charge in [-0.15, -0.1) is 0 Å². The molecule has 0 unspecified atom stereocenters. The number of nitrogens with zero attached hydrogens (tertiary/aromatic N) is 1. The van der Waals surface area contributed by atoms with E-state index in [0.717, 1.165) is 5.75 Å². The number of benzene rings is 2. The van der Waals surface area contributed by atoms with Gasteiger partial charge in [-0.1, -0.05) is 43.1 Å². The van der Waals surface area contributed by atoms with Crippen molar-refractivity contribution in [2.24, 2.45) is 5.92 Å². The van der Waals surface area contributed by atoms with Crippen molar-refractivity contribution in [1.29, 1.82) is 0 Å². The van der Waals surface area contributed by atoms with Crippen molar-refractivity contribution in [3.8, 4) is 5.75 Å². The van der Waals surface area contributed by atoms with Gasteiger partial charge in [0.2, 0.25) is 0 Å². The molecule has 2 aromatic rings. The van der Waals surface area contributed by atoms with Crippen LogP contribution in [0.15, 0.2) is 48.2 Å². The maximum Gasteiger partial charge on any atom is 0.278 e. The molecule has 1 aliphatic heterocycles. The fraction of sp³-hybridized carbons (Fsp3) is 0.304. The van der Waals surface area contributed by atoms with Crippen LogP contribution < -0.4 is 10.1 Å². The maximum absolute atomic E-state index is 13.2. The van der Waals surface area contributed by atoms with Gasteiger partial charge in [-0.05, 0) is 56.2 Å². The van der Waals surface area contributed by atoms with E-state index in [4.69, 9.17) is 27.9 Å². The third kappa shape index (κ3) is 4.79. The maximum atomic E-state index is 13.2. The van der Waals surface area contributed by atoms with Crippen molar-refractivity contribution in [3.05, 3.63) is 63.8 Å². The SMILES string of the molecule is CC(C)CN1C(=O)C(Nc2ccc(OC(C)C)cc2)=C(c2ccc(Cl)cc2Cl)C1=O. The summed E-state index contributed by atoms with van der Waals surface area (Å²) in [6.07, 6.45) is 0.0591. The Bertz CT molecular complexity index is 998. The van der Waals surface area contributed by atoms with E-state index in [0.29, 0.717) is 27.8 Å². The van der Waals surface area contributed by atoms with E-state index < -0.39 is 0 Å². The van der Waals surface area contributed by atoms with E-state index >= 15 is 0 Å². The molecule has 0 bridgehead atoms. The second-order valence-electron chi connectivity index (χ2n) is 7.80. The van der Waals surface area contributed by atoms with Gasteiger partial charge in [0.1, 0.15) is 11.4 Å². The highest BCUT2D eigenvalue weighted by atomic mass is 35.5. The lowest BCUT2D eigenvalue weighted by molar-refractivity contribution is -0.137. The van der Waals surface area contributed by atoms with Crippen molar-refractivity contribution >= 4 is 46.3 Å². The lowest BCUT2D eigenvalue weighted by atomic mass is 10.0. The zero-order valence-electron chi connectivity index (χ0n) is 17.3. The quantitative estimate of drug-likeness (QED) is 0.559. The van der Waals surface area contributed by atoms with Crippen LogP contribution in [0.2, 0.25) is 10.0 Å². The summed E-state index contributed by atoms with van der Waals surface area (Å²) in [7, 11) is 0. The largest absolute Gasteiger partial charge is 0.491 e. The summed E-state index contributed by atoms with van der Waals surface area (Å²) >= 11 is 12.4. The van der Waals surface area contributed by atoms with Gasteiger partial charge in [0.15, 0.2) is 0 Å². The molecule has 158 valence electrons. The molecule has 2 amide bonds. The molecule has 0 saturated heterocycles. The molecule has 5 nitrogen and oxygen atoms in total. The first kappa shape index (κ1) is 22.2. The molecular formula is C23H24Cl2N2O3. The van der Waals surface area contributed by atoms with Crippen LogP contribution in [0.4, 0.5) is 5.69 Å². The topological polar surface area (TPSA) is 58.6 Å². The van der Waals surface area contributed by atoms with Crippen molar-refractivity contribution < 1.29 is 14.3 Å². The number of carbonyl (C=O) groups excluding carboxylic acids is 2. The molecule has 1 aliphatic rings. The standard InChI is InChI=1S/C23H24Cl2N2O3/c1-13(2)12-27-22(28)20(18-10-5-15(24)11-19(18)25)21(23(27)29)26-16-6-8-17(9-7-16)30-14(3)4/h5-11,13-14,26H,12H2,1-4H3. The number of ether oxygens (including phenoxy) is 1. The molecule has 30 heavy (non-hydrogen) atoms. The predicted octanol–water partition coefficient (Wildman–Crippen LogP) is 5.63. The summed E-state index contributed by atoms with van der Waals surface area (Å²) in [4.78, 5) is 27.5. The molecule has 0 spiro atoms. The highest BCUT2D eigenvalue weighted by Crippen LogP contribution is 2.35.